The van der Waals surface area contributed by atoms with Crippen molar-refractivity contribution in [2.24, 2.45) is 0 Å². The van der Waals surface area contributed by atoms with Gasteiger partial charge < -0.3 is 13.9 Å². The van der Waals surface area contributed by atoms with Gasteiger partial charge in [-0.1, -0.05) is 127 Å². The molecular weight excluding hydrogens is 621 g/mol. The Morgan fingerprint density at radius 2 is 0.980 bits per heavy atom. The first kappa shape index (κ1) is 29.1. The summed E-state index contributed by atoms with van der Waals surface area (Å²) in [6.45, 7) is 0. The van der Waals surface area contributed by atoms with Gasteiger partial charge in [0, 0.05) is 55.9 Å². The number of para-hydroxylation sites is 4. The van der Waals surface area contributed by atoms with Gasteiger partial charge in [0.15, 0.2) is 0 Å². The Kier molecular flexibility index (Phi) is 6.81. The lowest BCUT2D eigenvalue weighted by atomic mass is 10.0. The molecule has 0 amide bonds. The average molecular weight is 653 g/mol. The van der Waals surface area contributed by atoms with Gasteiger partial charge in [-0.3, -0.25) is 0 Å². The number of hydrogen-bond donors (Lipinski definition) is 0. The van der Waals surface area contributed by atoms with Gasteiger partial charge in [0.25, 0.3) is 0 Å². The standard InChI is InChI=1S/C48H32N2O/c1-3-13-33(14-4-1)34-25-27-37(28-26-34)49(39-29-30-43-42-20-8-10-24-46(42)51-47(43)32-39)38-18-11-15-35(31-38)40-21-12-22-44-41-19-7-9-23-45(41)50(48(40)44)36-16-5-2-6-17-36/h1-32H. The summed E-state index contributed by atoms with van der Waals surface area (Å²) in [7, 11) is 0. The summed E-state index contributed by atoms with van der Waals surface area (Å²) in [5, 5.41) is 4.72. The Morgan fingerprint density at radius 3 is 1.82 bits per heavy atom. The summed E-state index contributed by atoms with van der Waals surface area (Å²) in [5.74, 6) is 0. The van der Waals surface area contributed by atoms with Crippen LogP contribution >= 0.6 is 0 Å². The zero-order valence-electron chi connectivity index (χ0n) is 27.8. The Labute approximate surface area is 295 Å². The van der Waals surface area contributed by atoms with E-state index >= 15 is 0 Å². The zero-order valence-corrected chi connectivity index (χ0v) is 27.8. The smallest absolute Gasteiger partial charge is 0.137 e. The maximum Gasteiger partial charge on any atom is 0.137 e. The normalized spacial score (nSPS) is 11.5. The van der Waals surface area contributed by atoms with E-state index in [1.165, 1.54) is 38.5 Å². The quantitative estimate of drug-likeness (QED) is 0.178. The van der Waals surface area contributed by atoms with Crippen molar-refractivity contribution in [1.29, 1.82) is 0 Å². The van der Waals surface area contributed by atoms with Crippen LogP contribution in [0.3, 0.4) is 0 Å². The van der Waals surface area contributed by atoms with Crippen LogP contribution in [0, 0.1) is 0 Å². The van der Waals surface area contributed by atoms with Crippen LogP contribution in [0.4, 0.5) is 17.1 Å². The summed E-state index contributed by atoms with van der Waals surface area (Å²) in [5.41, 5.74) is 13.2. The number of anilines is 3. The molecule has 0 fully saturated rings. The van der Waals surface area contributed by atoms with Gasteiger partial charge in [-0.2, -0.15) is 0 Å². The molecule has 0 spiro atoms. The maximum atomic E-state index is 6.39. The lowest BCUT2D eigenvalue weighted by Gasteiger charge is -2.26. The molecule has 0 aliphatic rings. The second-order valence-electron chi connectivity index (χ2n) is 13.0. The number of benzene rings is 8. The van der Waals surface area contributed by atoms with Crippen LogP contribution in [0.5, 0.6) is 0 Å². The molecule has 0 unspecified atom stereocenters. The molecule has 10 rings (SSSR count). The molecule has 2 aromatic heterocycles. The van der Waals surface area contributed by atoms with Crippen molar-refractivity contribution >= 4 is 60.8 Å². The Balaban J connectivity index is 1.17. The van der Waals surface area contributed by atoms with E-state index < -0.39 is 0 Å². The Bertz CT molecular complexity index is 2850. The van der Waals surface area contributed by atoms with Gasteiger partial charge in [0.05, 0.1) is 11.0 Å². The molecule has 0 N–H and O–H groups in total. The minimum absolute atomic E-state index is 0.868. The van der Waals surface area contributed by atoms with Crippen molar-refractivity contribution in [3.05, 3.63) is 194 Å². The number of nitrogens with zero attached hydrogens (tertiary/aromatic N) is 2. The zero-order chi connectivity index (χ0) is 33.7. The van der Waals surface area contributed by atoms with Gasteiger partial charge in [-0.15, -0.1) is 0 Å². The first-order valence-corrected chi connectivity index (χ1v) is 17.4. The van der Waals surface area contributed by atoms with Crippen molar-refractivity contribution in [1.82, 2.24) is 4.57 Å². The number of aromatic nitrogens is 1. The van der Waals surface area contributed by atoms with Crippen LogP contribution in [0.2, 0.25) is 0 Å². The molecule has 0 saturated carbocycles. The second kappa shape index (κ2) is 11.9. The molecule has 2 heterocycles. The molecule has 10 aromatic rings. The minimum atomic E-state index is 0.868. The van der Waals surface area contributed by atoms with E-state index in [4.69, 9.17) is 4.42 Å². The van der Waals surface area contributed by atoms with Crippen LogP contribution in [0.25, 0.3) is 71.7 Å². The van der Waals surface area contributed by atoms with Gasteiger partial charge in [0.1, 0.15) is 11.2 Å². The highest BCUT2D eigenvalue weighted by Crippen LogP contribution is 2.42. The van der Waals surface area contributed by atoms with E-state index in [2.05, 4.69) is 191 Å². The number of fused-ring (bicyclic) bond motifs is 6. The fourth-order valence-corrected chi connectivity index (χ4v) is 7.64. The van der Waals surface area contributed by atoms with Crippen LogP contribution in [-0.2, 0) is 0 Å². The van der Waals surface area contributed by atoms with Gasteiger partial charge >= 0.3 is 0 Å². The molecule has 0 aliphatic heterocycles. The van der Waals surface area contributed by atoms with Crippen LogP contribution in [0.1, 0.15) is 0 Å². The fraction of sp³-hybridized carbons (Fsp3) is 0. The first-order chi connectivity index (χ1) is 25.3. The molecule has 51 heavy (non-hydrogen) atoms. The van der Waals surface area contributed by atoms with E-state index in [-0.39, 0.29) is 0 Å². The molecule has 0 bridgehead atoms. The molecule has 8 aromatic carbocycles. The van der Waals surface area contributed by atoms with Gasteiger partial charge in [-0.25, -0.2) is 0 Å². The van der Waals surface area contributed by atoms with Crippen LogP contribution < -0.4 is 4.90 Å². The SMILES string of the molecule is c1ccc(-c2ccc(N(c3cccc(-c4cccc5c6ccccc6n(-c6ccccc6)c45)c3)c3ccc4c(c3)oc3ccccc34)cc2)cc1. The Morgan fingerprint density at radius 1 is 0.373 bits per heavy atom. The highest BCUT2D eigenvalue weighted by Gasteiger charge is 2.19. The largest absolute Gasteiger partial charge is 0.456 e. The predicted molar refractivity (Wildman–Crippen MR) is 214 cm³/mol. The van der Waals surface area contributed by atoms with E-state index in [0.29, 0.717) is 0 Å². The van der Waals surface area contributed by atoms with Crippen molar-refractivity contribution < 1.29 is 4.42 Å². The van der Waals surface area contributed by atoms with Crippen molar-refractivity contribution in [2.45, 2.75) is 0 Å². The summed E-state index contributed by atoms with van der Waals surface area (Å²) in [6.07, 6.45) is 0. The Hall–Kier alpha value is -6.84. The summed E-state index contributed by atoms with van der Waals surface area (Å²) in [6, 6.07) is 69.1. The van der Waals surface area contributed by atoms with Crippen molar-refractivity contribution in [3.63, 3.8) is 0 Å². The first-order valence-electron chi connectivity index (χ1n) is 17.4. The van der Waals surface area contributed by atoms with E-state index in [0.717, 1.165) is 50.3 Å². The number of furan rings is 1. The van der Waals surface area contributed by atoms with E-state index in [1.807, 2.05) is 12.1 Å². The second-order valence-corrected chi connectivity index (χ2v) is 13.0. The highest BCUT2D eigenvalue weighted by molar-refractivity contribution is 6.14. The molecule has 3 nitrogen and oxygen atoms in total. The number of rotatable bonds is 6. The monoisotopic (exact) mass is 652 g/mol. The van der Waals surface area contributed by atoms with Crippen molar-refractivity contribution in [3.8, 4) is 27.9 Å². The molecule has 0 saturated heterocycles. The highest BCUT2D eigenvalue weighted by atomic mass is 16.3. The molecule has 240 valence electrons. The summed E-state index contributed by atoms with van der Waals surface area (Å²) < 4.78 is 8.79. The van der Waals surface area contributed by atoms with Gasteiger partial charge in [0.2, 0.25) is 0 Å². The lowest BCUT2D eigenvalue weighted by molar-refractivity contribution is 0.669. The molecule has 0 aliphatic carbocycles. The van der Waals surface area contributed by atoms with Gasteiger partial charge in [-0.05, 0) is 77.4 Å². The van der Waals surface area contributed by atoms with Crippen LogP contribution in [0.15, 0.2) is 199 Å². The molecule has 0 atom stereocenters. The third kappa shape index (κ3) is 4.90. The third-order valence-corrected chi connectivity index (χ3v) is 9.98. The summed E-state index contributed by atoms with van der Waals surface area (Å²) in [4.78, 5) is 2.33. The molecule has 3 heteroatoms. The maximum absolute atomic E-state index is 6.39. The third-order valence-electron chi connectivity index (χ3n) is 9.98. The lowest BCUT2D eigenvalue weighted by Crippen LogP contribution is -2.10. The van der Waals surface area contributed by atoms with E-state index in [1.54, 1.807) is 0 Å². The molecular formula is C48H32N2O. The van der Waals surface area contributed by atoms with Crippen LogP contribution in [-0.4, -0.2) is 4.57 Å². The minimum Gasteiger partial charge on any atom is -0.456 e. The van der Waals surface area contributed by atoms with E-state index in [9.17, 15) is 0 Å². The predicted octanol–water partition coefficient (Wildman–Crippen LogP) is 13.5. The molecule has 0 radical (unpaired) electrons. The summed E-state index contributed by atoms with van der Waals surface area (Å²) >= 11 is 0. The average Bonchev–Trinajstić information content (AvgIpc) is 3.75. The fourth-order valence-electron chi connectivity index (χ4n) is 7.64. The number of hydrogen-bond acceptors (Lipinski definition) is 2. The topological polar surface area (TPSA) is 21.3 Å². The van der Waals surface area contributed by atoms with Crippen molar-refractivity contribution in [2.75, 3.05) is 4.90 Å².